The standard InChI is InChI=1S/C13H17BrClN/c1-4-16-13(7-9(2)3)10-5-6-12(15)11(14)8-10/h5-8,13,16H,4H2,1-3H3. The lowest BCUT2D eigenvalue weighted by molar-refractivity contribution is 0.644. The molecule has 1 aromatic carbocycles. The third kappa shape index (κ3) is 3.93. The third-order valence-electron chi connectivity index (χ3n) is 2.23. The maximum absolute atomic E-state index is 5.99. The van der Waals surface area contributed by atoms with Crippen molar-refractivity contribution in [1.29, 1.82) is 0 Å². The number of halogens is 2. The molecular weight excluding hydrogens is 286 g/mol. The Balaban J connectivity index is 3.01. The van der Waals surface area contributed by atoms with Gasteiger partial charge in [-0.1, -0.05) is 36.2 Å². The second-order valence-electron chi connectivity index (χ2n) is 3.95. The van der Waals surface area contributed by atoms with Crippen molar-refractivity contribution in [3.63, 3.8) is 0 Å². The van der Waals surface area contributed by atoms with Gasteiger partial charge in [0.1, 0.15) is 0 Å². The van der Waals surface area contributed by atoms with Gasteiger partial charge in [0.25, 0.3) is 0 Å². The molecule has 0 bridgehead atoms. The van der Waals surface area contributed by atoms with Crippen molar-refractivity contribution in [2.75, 3.05) is 6.54 Å². The first kappa shape index (κ1) is 13.8. The van der Waals surface area contributed by atoms with Crippen molar-refractivity contribution < 1.29 is 0 Å². The van der Waals surface area contributed by atoms with Crippen molar-refractivity contribution in [2.24, 2.45) is 0 Å². The highest BCUT2D eigenvalue weighted by Crippen LogP contribution is 2.27. The number of allylic oxidation sites excluding steroid dienone is 1. The van der Waals surface area contributed by atoms with E-state index >= 15 is 0 Å². The van der Waals surface area contributed by atoms with E-state index in [0.29, 0.717) is 0 Å². The van der Waals surface area contributed by atoms with Gasteiger partial charge in [0.2, 0.25) is 0 Å². The molecule has 0 radical (unpaired) electrons. The summed E-state index contributed by atoms with van der Waals surface area (Å²) in [7, 11) is 0. The molecule has 1 rings (SSSR count). The van der Waals surface area contributed by atoms with Crippen LogP contribution in [0.3, 0.4) is 0 Å². The van der Waals surface area contributed by atoms with Crippen LogP contribution >= 0.6 is 27.5 Å². The molecule has 0 fully saturated rings. The maximum atomic E-state index is 5.99. The number of benzene rings is 1. The quantitative estimate of drug-likeness (QED) is 0.794. The van der Waals surface area contributed by atoms with Crippen LogP contribution < -0.4 is 5.32 Å². The molecule has 88 valence electrons. The van der Waals surface area contributed by atoms with Crippen molar-refractivity contribution in [3.8, 4) is 0 Å². The SMILES string of the molecule is CCNC(C=C(C)C)c1ccc(Cl)c(Br)c1. The van der Waals surface area contributed by atoms with Gasteiger partial charge in [-0.25, -0.2) is 0 Å². The molecule has 1 unspecified atom stereocenters. The summed E-state index contributed by atoms with van der Waals surface area (Å²) in [4.78, 5) is 0. The maximum Gasteiger partial charge on any atom is 0.0548 e. The molecule has 0 aromatic heterocycles. The first-order valence-electron chi connectivity index (χ1n) is 5.38. The largest absolute Gasteiger partial charge is 0.307 e. The third-order valence-corrected chi connectivity index (χ3v) is 3.44. The van der Waals surface area contributed by atoms with E-state index in [1.54, 1.807) is 0 Å². The minimum Gasteiger partial charge on any atom is -0.307 e. The molecular formula is C13H17BrClN. The Morgan fingerprint density at radius 2 is 2.19 bits per heavy atom. The fourth-order valence-electron chi connectivity index (χ4n) is 1.53. The molecule has 0 aliphatic rings. The Kier molecular flexibility index (Phi) is 5.53. The molecule has 0 amide bonds. The van der Waals surface area contributed by atoms with Crippen LogP contribution in [0, 0.1) is 0 Å². The average molecular weight is 303 g/mol. The Labute approximate surface area is 111 Å². The zero-order valence-corrected chi connectivity index (χ0v) is 12.2. The summed E-state index contributed by atoms with van der Waals surface area (Å²) in [5, 5.41) is 4.18. The zero-order chi connectivity index (χ0) is 12.1. The Morgan fingerprint density at radius 3 is 2.69 bits per heavy atom. The summed E-state index contributed by atoms with van der Waals surface area (Å²) >= 11 is 9.44. The monoisotopic (exact) mass is 301 g/mol. The second kappa shape index (κ2) is 6.43. The van der Waals surface area contributed by atoms with Gasteiger partial charge in [0.05, 0.1) is 11.1 Å². The van der Waals surface area contributed by atoms with E-state index in [-0.39, 0.29) is 6.04 Å². The minimum atomic E-state index is 0.253. The van der Waals surface area contributed by atoms with Crippen LogP contribution in [0.5, 0.6) is 0 Å². The van der Waals surface area contributed by atoms with Gasteiger partial charge in [0.15, 0.2) is 0 Å². The average Bonchev–Trinajstić information content (AvgIpc) is 2.21. The van der Waals surface area contributed by atoms with E-state index in [1.807, 2.05) is 6.07 Å². The summed E-state index contributed by atoms with van der Waals surface area (Å²) in [5.41, 5.74) is 2.52. The predicted molar refractivity (Wildman–Crippen MR) is 75.0 cm³/mol. The van der Waals surface area contributed by atoms with Crippen LogP contribution in [0.1, 0.15) is 32.4 Å². The number of likely N-dealkylation sites (N-methyl/N-ethyl adjacent to an activating group) is 1. The van der Waals surface area contributed by atoms with Gasteiger partial charge < -0.3 is 5.32 Å². The summed E-state index contributed by atoms with van der Waals surface area (Å²) < 4.78 is 0.941. The van der Waals surface area contributed by atoms with Gasteiger partial charge in [-0.15, -0.1) is 0 Å². The Morgan fingerprint density at radius 1 is 1.50 bits per heavy atom. The van der Waals surface area contributed by atoms with Crippen LogP contribution in [0.4, 0.5) is 0 Å². The molecule has 1 aromatic rings. The fourth-order valence-corrected chi connectivity index (χ4v) is 2.05. The number of hydrogen-bond donors (Lipinski definition) is 1. The topological polar surface area (TPSA) is 12.0 Å². The molecule has 0 saturated carbocycles. The van der Waals surface area contributed by atoms with Gasteiger partial charge in [-0.05, 0) is 54.0 Å². The molecule has 0 saturated heterocycles. The highest BCUT2D eigenvalue weighted by Gasteiger charge is 2.08. The first-order chi connectivity index (χ1) is 7.54. The van der Waals surface area contributed by atoms with Crippen LogP contribution in [0.15, 0.2) is 34.3 Å². The van der Waals surface area contributed by atoms with Crippen molar-refractivity contribution >= 4 is 27.5 Å². The van der Waals surface area contributed by atoms with Crippen molar-refractivity contribution in [1.82, 2.24) is 5.32 Å². The van der Waals surface area contributed by atoms with Crippen molar-refractivity contribution in [3.05, 3.63) is 44.9 Å². The molecule has 16 heavy (non-hydrogen) atoms. The zero-order valence-electron chi connectivity index (χ0n) is 9.85. The van der Waals surface area contributed by atoms with Crippen LogP contribution in [-0.4, -0.2) is 6.54 Å². The lowest BCUT2D eigenvalue weighted by Crippen LogP contribution is -2.19. The van der Waals surface area contributed by atoms with Crippen LogP contribution in [0.2, 0.25) is 5.02 Å². The fraction of sp³-hybridized carbons (Fsp3) is 0.385. The summed E-state index contributed by atoms with van der Waals surface area (Å²) in [5.74, 6) is 0. The van der Waals surface area contributed by atoms with Gasteiger partial charge in [-0.3, -0.25) is 0 Å². The van der Waals surface area contributed by atoms with E-state index in [4.69, 9.17) is 11.6 Å². The van der Waals surface area contributed by atoms with E-state index in [1.165, 1.54) is 11.1 Å². The molecule has 1 nitrogen and oxygen atoms in total. The van der Waals surface area contributed by atoms with Gasteiger partial charge in [0, 0.05) is 4.47 Å². The minimum absolute atomic E-state index is 0.253. The highest BCUT2D eigenvalue weighted by atomic mass is 79.9. The van der Waals surface area contributed by atoms with Crippen LogP contribution in [0.25, 0.3) is 0 Å². The summed E-state index contributed by atoms with van der Waals surface area (Å²) in [6.07, 6.45) is 2.22. The molecule has 0 spiro atoms. The van der Waals surface area contributed by atoms with Gasteiger partial charge >= 0.3 is 0 Å². The first-order valence-corrected chi connectivity index (χ1v) is 6.55. The molecule has 1 N–H and O–H groups in total. The lowest BCUT2D eigenvalue weighted by Gasteiger charge is -2.15. The molecule has 0 aliphatic heterocycles. The number of nitrogens with one attached hydrogen (secondary N) is 1. The van der Waals surface area contributed by atoms with Crippen molar-refractivity contribution in [2.45, 2.75) is 26.8 Å². The predicted octanol–water partition coefficient (Wildman–Crippen LogP) is 4.72. The Hall–Kier alpha value is -0.310. The summed E-state index contributed by atoms with van der Waals surface area (Å²) in [6.45, 7) is 7.26. The lowest BCUT2D eigenvalue weighted by atomic mass is 10.0. The number of rotatable bonds is 4. The molecule has 0 heterocycles. The normalized spacial score (nSPS) is 12.3. The molecule has 0 aliphatic carbocycles. The smallest absolute Gasteiger partial charge is 0.0548 e. The summed E-state index contributed by atoms with van der Waals surface area (Å²) in [6, 6.07) is 6.29. The number of hydrogen-bond acceptors (Lipinski definition) is 1. The molecule has 3 heteroatoms. The Bertz CT molecular complexity index is 384. The van der Waals surface area contributed by atoms with Crippen LogP contribution in [-0.2, 0) is 0 Å². The molecule has 1 atom stereocenters. The van der Waals surface area contributed by atoms with E-state index in [2.05, 4.69) is 60.2 Å². The second-order valence-corrected chi connectivity index (χ2v) is 5.21. The van der Waals surface area contributed by atoms with E-state index < -0.39 is 0 Å². The van der Waals surface area contributed by atoms with Gasteiger partial charge in [-0.2, -0.15) is 0 Å². The van der Waals surface area contributed by atoms with E-state index in [9.17, 15) is 0 Å². The highest BCUT2D eigenvalue weighted by molar-refractivity contribution is 9.10. The van der Waals surface area contributed by atoms with E-state index in [0.717, 1.165) is 16.0 Å².